The number of fused-ring (bicyclic) bond motifs is 1. The molecule has 17 nitrogen and oxygen atoms in total. The predicted octanol–water partition coefficient (Wildman–Crippen LogP) is 1.88. The van der Waals surface area contributed by atoms with Crippen LogP contribution >= 0.6 is 21.6 Å². The van der Waals surface area contributed by atoms with Gasteiger partial charge in [0.1, 0.15) is 12.2 Å². The summed E-state index contributed by atoms with van der Waals surface area (Å²) in [7, 11) is -2.37. The van der Waals surface area contributed by atoms with Gasteiger partial charge in [0.05, 0.1) is 37.8 Å². The minimum absolute atomic E-state index is 0.00900. The lowest BCUT2D eigenvalue weighted by Gasteiger charge is -2.13. The third-order valence-electron chi connectivity index (χ3n) is 5.93. The van der Waals surface area contributed by atoms with E-state index in [1.807, 2.05) is 0 Å². The molecular formula is C24H25N5O12S3. The summed E-state index contributed by atoms with van der Waals surface area (Å²) in [5, 5.41) is 4.63. The van der Waals surface area contributed by atoms with Gasteiger partial charge in [-0.3, -0.25) is 23.7 Å². The minimum atomic E-state index is -4.81. The maximum absolute atomic E-state index is 12.4. The lowest BCUT2D eigenvalue weighted by Crippen LogP contribution is -2.36. The summed E-state index contributed by atoms with van der Waals surface area (Å²) in [5.74, 6) is -3.87. The summed E-state index contributed by atoms with van der Waals surface area (Å²) in [6, 6.07) is 4.60. The number of benzene rings is 1. The Kier molecular flexibility index (Phi) is 12.2. The molecule has 1 fully saturated rings. The second kappa shape index (κ2) is 15.6. The Balaban J connectivity index is 1.28. The van der Waals surface area contributed by atoms with Gasteiger partial charge < -0.3 is 19.3 Å². The van der Waals surface area contributed by atoms with Crippen LogP contribution in [0, 0.1) is 6.92 Å². The fourth-order valence-corrected chi connectivity index (χ4v) is 6.42. The highest BCUT2D eigenvalue weighted by molar-refractivity contribution is 8.76. The zero-order valence-electron chi connectivity index (χ0n) is 22.9. The molecule has 1 aliphatic rings. The lowest BCUT2D eigenvalue weighted by molar-refractivity contribution is -0.197. The number of ether oxygens (including phenoxy) is 1. The molecule has 0 bridgehead atoms. The molecule has 0 aliphatic carbocycles. The molecule has 3 amide bonds. The van der Waals surface area contributed by atoms with Gasteiger partial charge in [-0.05, 0) is 24.1 Å². The first-order valence-corrected chi connectivity index (χ1v) is 16.6. The van der Waals surface area contributed by atoms with E-state index in [2.05, 4.69) is 20.2 Å². The molecule has 44 heavy (non-hydrogen) atoms. The molecule has 1 aromatic carbocycles. The fourth-order valence-electron chi connectivity index (χ4n) is 3.78. The number of carbonyl (C=O) groups is 5. The Labute approximate surface area is 256 Å². The van der Waals surface area contributed by atoms with Crippen molar-refractivity contribution in [3.63, 3.8) is 0 Å². The normalized spacial score (nSPS) is 14.8. The lowest BCUT2D eigenvalue weighted by atomic mass is 10.0. The molecule has 1 atom stereocenters. The van der Waals surface area contributed by atoms with Crippen LogP contribution in [0.15, 0.2) is 32.5 Å². The summed E-state index contributed by atoms with van der Waals surface area (Å²) in [6.07, 6.45) is -1.28. The number of nitrogens with zero attached hydrogens (tertiary/aromatic N) is 4. The van der Waals surface area contributed by atoms with Crippen LogP contribution in [0.2, 0.25) is 0 Å². The van der Waals surface area contributed by atoms with Crippen molar-refractivity contribution in [3.05, 3.63) is 50.2 Å². The maximum atomic E-state index is 12.4. The molecule has 20 heteroatoms. The second-order valence-corrected chi connectivity index (χ2v) is 13.3. The molecule has 0 spiro atoms. The number of hydrogen-bond donors (Lipinski definition) is 2. The first kappa shape index (κ1) is 34.4. The van der Waals surface area contributed by atoms with E-state index in [1.54, 1.807) is 19.1 Å². The quantitative estimate of drug-likeness (QED) is 0.0316. The van der Waals surface area contributed by atoms with Crippen LogP contribution in [0.5, 0.6) is 0 Å². The van der Waals surface area contributed by atoms with Crippen LogP contribution in [-0.2, 0) is 50.1 Å². The Bertz CT molecular complexity index is 1690. The molecular weight excluding hydrogens is 646 g/mol. The Hall–Kier alpha value is -4.10. The van der Waals surface area contributed by atoms with Crippen LogP contribution in [-0.4, -0.2) is 77.6 Å². The number of carbonyl (C=O) groups excluding carboxylic acids is 5. The largest absolute Gasteiger partial charge is 0.464 e. The van der Waals surface area contributed by atoms with Gasteiger partial charge in [-0.15, -0.1) is 5.06 Å². The van der Waals surface area contributed by atoms with Crippen molar-refractivity contribution >= 4 is 78.0 Å². The molecule has 1 saturated heterocycles. The van der Waals surface area contributed by atoms with E-state index >= 15 is 0 Å². The average molecular weight is 672 g/mol. The van der Waals surface area contributed by atoms with Crippen molar-refractivity contribution in [3.8, 4) is 0 Å². The standard InChI is InChI=1S/C24H25N5O12S3/c1-13-15-3-2-14(27-28-25)10-17(15)40-24(35)16(13)11-19(30)26-6-7-39-21(32)4-8-42-43-9-5-22(33)41-29-20(31)12-18(23(29)34)44(36,37)38/h2-3,10,18H,4-9,11-12H2,1H3,(H,26,30)(H,36,37,38)/t18-/m0/s1. The molecule has 0 unspecified atom stereocenters. The van der Waals surface area contributed by atoms with Crippen molar-refractivity contribution in [2.75, 3.05) is 24.7 Å². The Morgan fingerprint density at radius 2 is 1.86 bits per heavy atom. The molecule has 236 valence electrons. The van der Waals surface area contributed by atoms with E-state index in [-0.39, 0.29) is 60.1 Å². The highest BCUT2D eigenvalue weighted by Gasteiger charge is 2.48. The SMILES string of the molecule is Cc1c(CC(=O)NCCOC(=O)CCSSCCC(=O)ON2C(=O)C[C@H](S(=O)(=O)O)C2=O)c(=O)oc2cc(N=[N+]=[N-])ccc12. The summed E-state index contributed by atoms with van der Waals surface area (Å²) >= 11 is 0. The van der Waals surface area contributed by atoms with Gasteiger partial charge in [0.25, 0.3) is 21.9 Å². The van der Waals surface area contributed by atoms with Crippen molar-refractivity contribution in [1.29, 1.82) is 0 Å². The zero-order chi connectivity index (χ0) is 32.4. The number of aryl methyl sites for hydroxylation is 1. The molecule has 0 saturated carbocycles. The number of hydrogen-bond acceptors (Lipinski definition) is 14. The molecule has 2 heterocycles. The van der Waals surface area contributed by atoms with Crippen LogP contribution in [0.3, 0.4) is 0 Å². The van der Waals surface area contributed by atoms with E-state index in [1.165, 1.54) is 27.7 Å². The molecule has 1 aromatic heterocycles. The van der Waals surface area contributed by atoms with Gasteiger partial charge in [-0.25, -0.2) is 9.59 Å². The topological polar surface area (TPSA) is 252 Å². The van der Waals surface area contributed by atoms with Gasteiger partial charge in [-0.2, -0.15) is 8.42 Å². The maximum Gasteiger partial charge on any atom is 0.340 e. The number of azide groups is 1. The second-order valence-electron chi connectivity index (χ2n) is 8.95. The van der Waals surface area contributed by atoms with Crippen molar-refractivity contribution in [2.45, 2.75) is 37.9 Å². The molecule has 2 N–H and O–H groups in total. The van der Waals surface area contributed by atoms with E-state index in [4.69, 9.17) is 19.2 Å². The zero-order valence-corrected chi connectivity index (χ0v) is 25.4. The van der Waals surface area contributed by atoms with E-state index in [0.717, 1.165) is 0 Å². The summed E-state index contributed by atoms with van der Waals surface area (Å²) in [5.41, 5.74) is 9.06. The van der Waals surface area contributed by atoms with Crippen LogP contribution in [0.25, 0.3) is 21.4 Å². The predicted molar refractivity (Wildman–Crippen MR) is 156 cm³/mol. The van der Waals surface area contributed by atoms with Gasteiger partial charge in [-0.1, -0.05) is 38.8 Å². The molecule has 2 aromatic rings. The van der Waals surface area contributed by atoms with E-state index < -0.39 is 57.1 Å². The number of esters is 1. The van der Waals surface area contributed by atoms with Crippen molar-refractivity contribution in [1.82, 2.24) is 10.4 Å². The van der Waals surface area contributed by atoms with Crippen molar-refractivity contribution < 1.29 is 50.9 Å². The highest BCUT2D eigenvalue weighted by atomic mass is 33.1. The fraction of sp³-hybridized carbons (Fsp3) is 0.417. The van der Waals surface area contributed by atoms with Gasteiger partial charge in [0, 0.05) is 27.5 Å². The molecule has 1 aliphatic heterocycles. The number of rotatable bonds is 15. The monoisotopic (exact) mass is 671 g/mol. The van der Waals surface area contributed by atoms with E-state index in [0.29, 0.717) is 16.7 Å². The van der Waals surface area contributed by atoms with E-state index in [9.17, 15) is 37.2 Å². The van der Waals surface area contributed by atoms with Gasteiger partial charge in [0.2, 0.25) is 5.91 Å². The highest BCUT2D eigenvalue weighted by Crippen LogP contribution is 2.26. The average Bonchev–Trinajstić information content (AvgIpc) is 3.24. The number of hydroxylamine groups is 2. The summed E-state index contributed by atoms with van der Waals surface area (Å²) in [4.78, 5) is 79.4. The van der Waals surface area contributed by atoms with Crippen LogP contribution < -0.4 is 10.9 Å². The third-order valence-corrected chi connectivity index (χ3v) is 9.43. The number of amides is 3. The summed E-state index contributed by atoms with van der Waals surface area (Å²) in [6.45, 7) is 1.57. The van der Waals surface area contributed by atoms with Crippen LogP contribution in [0.1, 0.15) is 30.4 Å². The Morgan fingerprint density at radius 1 is 1.18 bits per heavy atom. The first-order chi connectivity index (χ1) is 20.8. The number of imide groups is 1. The smallest absolute Gasteiger partial charge is 0.340 e. The molecule has 3 rings (SSSR count). The first-order valence-electron chi connectivity index (χ1n) is 12.6. The number of nitrogens with one attached hydrogen (secondary N) is 1. The van der Waals surface area contributed by atoms with Gasteiger partial charge in [0.15, 0.2) is 5.25 Å². The molecule has 0 radical (unpaired) electrons. The minimum Gasteiger partial charge on any atom is -0.464 e. The Morgan fingerprint density at radius 3 is 2.50 bits per heavy atom. The van der Waals surface area contributed by atoms with Crippen molar-refractivity contribution in [2.24, 2.45) is 5.11 Å². The van der Waals surface area contributed by atoms with Crippen LogP contribution in [0.4, 0.5) is 5.69 Å². The summed E-state index contributed by atoms with van der Waals surface area (Å²) < 4.78 is 41.5. The van der Waals surface area contributed by atoms with Gasteiger partial charge >= 0.3 is 17.6 Å². The third kappa shape index (κ3) is 9.45.